The number of benzene rings is 2. The maximum Gasteiger partial charge on any atom is 0.261 e. The molecule has 2 heterocycles. The summed E-state index contributed by atoms with van der Waals surface area (Å²) in [5.74, 6) is 1.52. The van der Waals surface area contributed by atoms with Crippen LogP contribution in [0.4, 0.5) is 5.69 Å². The van der Waals surface area contributed by atoms with Gasteiger partial charge in [-0.05, 0) is 60.7 Å². The highest BCUT2D eigenvalue weighted by Gasteiger charge is 2.27. The first-order valence-corrected chi connectivity index (χ1v) is 10.6. The van der Waals surface area contributed by atoms with Crippen molar-refractivity contribution >= 4 is 17.5 Å². The molecule has 2 amide bonds. The minimum atomic E-state index is 0.00346. The number of ether oxygens (including phenoxy) is 2. The maximum atomic E-state index is 13.1. The van der Waals surface area contributed by atoms with Gasteiger partial charge in [-0.3, -0.25) is 9.59 Å². The molecule has 158 valence electrons. The monoisotopic (exact) mass is 408 g/mol. The number of carbonyl (C=O) groups excluding carboxylic acids is 2. The Morgan fingerprint density at radius 2 is 1.87 bits per heavy atom. The van der Waals surface area contributed by atoms with E-state index < -0.39 is 0 Å². The van der Waals surface area contributed by atoms with E-state index in [-0.39, 0.29) is 24.5 Å². The van der Waals surface area contributed by atoms with Crippen LogP contribution in [0.3, 0.4) is 0 Å². The highest BCUT2D eigenvalue weighted by molar-refractivity contribution is 5.94. The molecule has 1 N–H and O–H groups in total. The molecule has 0 radical (unpaired) electrons. The highest BCUT2D eigenvalue weighted by atomic mass is 16.5. The SMILES string of the molecule is COc1ccc([C@H]2CCCCCN2C(=O)COc2ccc3c(c2)CCC(=O)N3)cc1. The van der Waals surface area contributed by atoms with Crippen LogP contribution in [-0.2, 0) is 16.0 Å². The van der Waals surface area contributed by atoms with Gasteiger partial charge in [0.25, 0.3) is 5.91 Å². The largest absolute Gasteiger partial charge is 0.497 e. The molecule has 0 aromatic heterocycles. The molecule has 1 fully saturated rings. The lowest BCUT2D eigenvalue weighted by Crippen LogP contribution is -2.38. The third kappa shape index (κ3) is 4.58. The van der Waals surface area contributed by atoms with E-state index in [9.17, 15) is 9.59 Å². The molecule has 2 aromatic rings. The van der Waals surface area contributed by atoms with E-state index in [2.05, 4.69) is 5.32 Å². The van der Waals surface area contributed by atoms with E-state index >= 15 is 0 Å². The van der Waals surface area contributed by atoms with Crippen LogP contribution < -0.4 is 14.8 Å². The van der Waals surface area contributed by atoms with Gasteiger partial charge in [-0.1, -0.05) is 25.0 Å². The van der Waals surface area contributed by atoms with Crippen molar-refractivity contribution in [3.05, 3.63) is 53.6 Å². The number of anilines is 1. The van der Waals surface area contributed by atoms with Crippen molar-refractivity contribution in [3.63, 3.8) is 0 Å². The average molecular weight is 408 g/mol. The average Bonchev–Trinajstić information content (AvgIpc) is 3.03. The molecule has 0 bridgehead atoms. The second kappa shape index (κ2) is 9.20. The second-order valence-corrected chi connectivity index (χ2v) is 7.88. The lowest BCUT2D eigenvalue weighted by Gasteiger charge is -2.30. The molecular formula is C24H28N2O4. The van der Waals surface area contributed by atoms with Crippen LogP contribution >= 0.6 is 0 Å². The van der Waals surface area contributed by atoms with Gasteiger partial charge in [0.1, 0.15) is 11.5 Å². The van der Waals surface area contributed by atoms with Gasteiger partial charge in [-0.15, -0.1) is 0 Å². The van der Waals surface area contributed by atoms with Gasteiger partial charge in [0.05, 0.1) is 13.2 Å². The van der Waals surface area contributed by atoms with Gasteiger partial charge in [-0.25, -0.2) is 0 Å². The normalized spacial score (nSPS) is 18.8. The summed E-state index contributed by atoms with van der Waals surface area (Å²) in [7, 11) is 1.66. The summed E-state index contributed by atoms with van der Waals surface area (Å²) in [6.45, 7) is 0.757. The summed E-state index contributed by atoms with van der Waals surface area (Å²) in [4.78, 5) is 26.6. The first-order valence-electron chi connectivity index (χ1n) is 10.6. The van der Waals surface area contributed by atoms with E-state index in [1.165, 1.54) is 0 Å². The molecule has 6 heteroatoms. The molecule has 2 aliphatic rings. The standard InChI is InChI=1S/C24H28N2O4/c1-29-19-9-6-17(7-10-19)22-5-3-2-4-14-26(22)24(28)16-30-20-11-12-21-18(15-20)8-13-23(27)25-21/h6-7,9-12,15,22H,2-5,8,13-14,16H2,1H3,(H,25,27)/t22-/m1/s1. The molecule has 0 unspecified atom stereocenters. The summed E-state index contributed by atoms with van der Waals surface area (Å²) in [6.07, 6.45) is 5.38. The molecule has 2 aliphatic heterocycles. The summed E-state index contributed by atoms with van der Waals surface area (Å²) in [5, 5.41) is 2.86. The second-order valence-electron chi connectivity index (χ2n) is 7.88. The number of nitrogens with zero attached hydrogens (tertiary/aromatic N) is 1. The topological polar surface area (TPSA) is 67.9 Å². The van der Waals surface area contributed by atoms with Crippen molar-refractivity contribution in [1.29, 1.82) is 0 Å². The summed E-state index contributed by atoms with van der Waals surface area (Å²) >= 11 is 0. The number of aryl methyl sites for hydroxylation is 1. The van der Waals surface area contributed by atoms with Crippen LogP contribution in [0.2, 0.25) is 0 Å². The van der Waals surface area contributed by atoms with Crippen molar-refractivity contribution in [2.45, 2.75) is 44.6 Å². The Balaban J connectivity index is 1.44. The number of carbonyl (C=O) groups is 2. The number of amides is 2. The number of hydrogen-bond donors (Lipinski definition) is 1. The first kappa shape index (κ1) is 20.3. The Bertz CT molecular complexity index is 910. The van der Waals surface area contributed by atoms with Gasteiger partial charge in [0.2, 0.25) is 5.91 Å². The summed E-state index contributed by atoms with van der Waals surface area (Å²) in [5.41, 5.74) is 3.01. The van der Waals surface area contributed by atoms with E-state index in [1.807, 2.05) is 41.3 Å². The van der Waals surface area contributed by atoms with E-state index in [0.717, 1.165) is 54.8 Å². The molecule has 1 saturated heterocycles. The number of fused-ring (bicyclic) bond motifs is 1. The smallest absolute Gasteiger partial charge is 0.261 e. The molecule has 0 spiro atoms. The van der Waals surface area contributed by atoms with Gasteiger partial charge >= 0.3 is 0 Å². The third-order valence-electron chi connectivity index (χ3n) is 5.91. The van der Waals surface area contributed by atoms with Crippen molar-refractivity contribution in [1.82, 2.24) is 4.90 Å². The zero-order chi connectivity index (χ0) is 20.9. The molecule has 4 rings (SSSR count). The van der Waals surface area contributed by atoms with E-state index in [1.54, 1.807) is 13.2 Å². The maximum absolute atomic E-state index is 13.1. The third-order valence-corrected chi connectivity index (χ3v) is 5.91. The fourth-order valence-electron chi connectivity index (χ4n) is 4.26. The van der Waals surface area contributed by atoms with Crippen molar-refractivity contribution in [2.24, 2.45) is 0 Å². The van der Waals surface area contributed by atoms with Crippen LogP contribution in [0.1, 0.15) is 49.3 Å². The molecule has 6 nitrogen and oxygen atoms in total. The van der Waals surface area contributed by atoms with Crippen LogP contribution in [-0.4, -0.2) is 37.0 Å². The molecule has 1 atom stereocenters. The quantitative estimate of drug-likeness (QED) is 0.809. The zero-order valence-corrected chi connectivity index (χ0v) is 17.4. The molecule has 0 saturated carbocycles. The lowest BCUT2D eigenvalue weighted by atomic mass is 10.0. The highest BCUT2D eigenvalue weighted by Crippen LogP contribution is 2.32. The minimum Gasteiger partial charge on any atom is -0.497 e. The zero-order valence-electron chi connectivity index (χ0n) is 17.4. The Hall–Kier alpha value is -3.02. The Morgan fingerprint density at radius 3 is 2.67 bits per heavy atom. The Labute approximate surface area is 177 Å². The van der Waals surface area contributed by atoms with Gasteiger partial charge in [0.15, 0.2) is 6.61 Å². The predicted octanol–water partition coefficient (Wildman–Crippen LogP) is 4.10. The number of nitrogens with one attached hydrogen (secondary N) is 1. The van der Waals surface area contributed by atoms with E-state index in [4.69, 9.17) is 9.47 Å². The Morgan fingerprint density at radius 1 is 1.07 bits per heavy atom. The lowest BCUT2D eigenvalue weighted by molar-refractivity contribution is -0.135. The fourth-order valence-corrected chi connectivity index (χ4v) is 4.26. The summed E-state index contributed by atoms with van der Waals surface area (Å²) in [6, 6.07) is 13.6. The molecule has 0 aliphatic carbocycles. The summed E-state index contributed by atoms with van der Waals surface area (Å²) < 4.78 is 11.1. The minimum absolute atomic E-state index is 0.00346. The van der Waals surface area contributed by atoms with Crippen LogP contribution in [0.25, 0.3) is 0 Å². The molecule has 30 heavy (non-hydrogen) atoms. The predicted molar refractivity (Wildman–Crippen MR) is 115 cm³/mol. The van der Waals surface area contributed by atoms with Crippen LogP contribution in [0.5, 0.6) is 11.5 Å². The number of methoxy groups -OCH3 is 1. The first-order chi connectivity index (χ1) is 14.6. The van der Waals surface area contributed by atoms with Crippen LogP contribution in [0, 0.1) is 0 Å². The van der Waals surface area contributed by atoms with Crippen molar-refractivity contribution < 1.29 is 19.1 Å². The van der Waals surface area contributed by atoms with Crippen LogP contribution in [0.15, 0.2) is 42.5 Å². The molecular weight excluding hydrogens is 380 g/mol. The Kier molecular flexibility index (Phi) is 6.21. The fraction of sp³-hybridized carbons (Fsp3) is 0.417. The van der Waals surface area contributed by atoms with Gasteiger partial charge in [0, 0.05) is 18.7 Å². The number of hydrogen-bond acceptors (Lipinski definition) is 4. The van der Waals surface area contributed by atoms with Crippen molar-refractivity contribution in [3.8, 4) is 11.5 Å². The van der Waals surface area contributed by atoms with E-state index in [0.29, 0.717) is 18.6 Å². The van der Waals surface area contributed by atoms with Gasteiger partial charge in [-0.2, -0.15) is 0 Å². The van der Waals surface area contributed by atoms with Crippen molar-refractivity contribution in [2.75, 3.05) is 25.6 Å². The van der Waals surface area contributed by atoms with Gasteiger partial charge < -0.3 is 19.7 Å². The number of rotatable bonds is 5. The molecule has 2 aromatic carbocycles. The number of likely N-dealkylation sites (tertiary alicyclic amines) is 1.